The van der Waals surface area contributed by atoms with Gasteiger partial charge in [-0.1, -0.05) is 18.2 Å². The molecule has 1 heterocycles. The average Bonchev–Trinajstić information content (AvgIpc) is 2.57. The summed E-state index contributed by atoms with van der Waals surface area (Å²) in [6.07, 6.45) is 0. The summed E-state index contributed by atoms with van der Waals surface area (Å²) in [7, 11) is 1.52. The number of urea groups is 1. The van der Waals surface area contributed by atoms with Crippen molar-refractivity contribution in [3.8, 4) is 5.75 Å². The Morgan fingerprint density at radius 1 is 1.27 bits per heavy atom. The van der Waals surface area contributed by atoms with Crippen molar-refractivity contribution in [2.75, 3.05) is 7.11 Å². The van der Waals surface area contributed by atoms with Crippen LogP contribution >= 0.6 is 0 Å². The maximum atomic E-state index is 11.4. The van der Waals surface area contributed by atoms with E-state index in [4.69, 9.17) is 4.74 Å². The first kappa shape index (κ1) is 9.51. The van der Waals surface area contributed by atoms with E-state index >= 15 is 0 Å². The number of hydrogen-bond donors (Lipinski definition) is 2. The molecular formula is C10H10N2O3. The second kappa shape index (κ2) is 3.61. The van der Waals surface area contributed by atoms with E-state index in [-0.39, 0.29) is 5.91 Å². The lowest BCUT2D eigenvalue weighted by Gasteiger charge is -2.11. The molecule has 1 atom stereocenters. The third-order valence-corrected chi connectivity index (χ3v) is 2.22. The monoisotopic (exact) mass is 206 g/mol. The van der Waals surface area contributed by atoms with Crippen LogP contribution in [0.4, 0.5) is 4.79 Å². The minimum absolute atomic E-state index is 0.357. The van der Waals surface area contributed by atoms with Crippen molar-refractivity contribution in [3.63, 3.8) is 0 Å². The minimum atomic E-state index is -0.659. The Kier molecular flexibility index (Phi) is 2.29. The number of carbonyl (C=O) groups is 2. The van der Waals surface area contributed by atoms with E-state index in [2.05, 4.69) is 10.6 Å². The van der Waals surface area contributed by atoms with Gasteiger partial charge in [-0.05, 0) is 6.07 Å². The van der Waals surface area contributed by atoms with Crippen molar-refractivity contribution < 1.29 is 14.3 Å². The summed E-state index contributed by atoms with van der Waals surface area (Å²) in [6, 6.07) is 5.94. The number of hydrogen-bond acceptors (Lipinski definition) is 3. The van der Waals surface area contributed by atoms with Crippen molar-refractivity contribution >= 4 is 11.9 Å². The number of benzene rings is 1. The van der Waals surface area contributed by atoms with Crippen LogP contribution in [-0.2, 0) is 4.79 Å². The van der Waals surface area contributed by atoms with Gasteiger partial charge in [0.05, 0.1) is 7.11 Å². The first-order valence-electron chi connectivity index (χ1n) is 4.46. The summed E-state index contributed by atoms with van der Waals surface area (Å²) in [5.74, 6) is 0.226. The number of methoxy groups -OCH3 is 1. The number of ether oxygens (including phenoxy) is 1. The number of imide groups is 1. The molecule has 0 unspecified atom stereocenters. The van der Waals surface area contributed by atoms with Gasteiger partial charge in [-0.25, -0.2) is 4.79 Å². The smallest absolute Gasteiger partial charge is 0.322 e. The Morgan fingerprint density at radius 2 is 2.00 bits per heavy atom. The van der Waals surface area contributed by atoms with Gasteiger partial charge in [0.1, 0.15) is 11.8 Å². The Bertz CT molecular complexity index is 417. The van der Waals surface area contributed by atoms with Crippen LogP contribution in [-0.4, -0.2) is 19.0 Å². The Labute approximate surface area is 86.4 Å². The van der Waals surface area contributed by atoms with E-state index in [1.54, 1.807) is 24.3 Å². The van der Waals surface area contributed by atoms with E-state index in [1.807, 2.05) is 0 Å². The van der Waals surface area contributed by atoms with Gasteiger partial charge in [-0.3, -0.25) is 10.1 Å². The predicted molar refractivity (Wildman–Crippen MR) is 52.4 cm³/mol. The van der Waals surface area contributed by atoms with Crippen LogP contribution in [0.15, 0.2) is 24.3 Å². The molecule has 0 bridgehead atoms. The quantitative estimate of drug-likeness (QED) is 0.695. The van der Waals surface area contributed by atoms with Crippen LogP contribution in [0.3, 0.4) is 0 Å². The van der Waals surface area contributed by atoms with E-state index in [1.165, 1.54) is 7.11 Å². The maximum Gasteiger partial charge on any atom is 0.322 e. The normalized spacial score (nSPS) is 19.7. The van der Waals surface area contributed by atoms with E-state index in [0.29, 0.717) is 11.3 Å². The lowest BCUT2D eigenvalue weighted by molar-refractivity contribution is -0.120. The summed E-state index contributed by atoms with van der Waals surface area (Å²) in [6.45, 7) is 0. The Balaban J connectivity index is 2.37. The molecule has 1 aliphatic rings. The van der Waals surface area contributed by atoms with Gasteiger partial charge in [0.15, 0.2) is 0 Å². The molecule has 78 valence electrons. The zero-order chi connectivity index (χ0) is 10.8. The first-order valence-corrected chi connectivity index (χ1v) is 4.46. The molecule has 0 saturated carbocycles. The number of amides is 3. The minimum Gasteiger partial charge on any atom is -0.496 e. The van der Waals surface area contributed by atoms with Gasteiger partial charge in [0.2, 0.25) is 0 Å². The maximum absolute atomic E-state index is 11.4. The van der Waals surface area contributed by atoms with Gasteiger partial charge in [0.25, 0.3) is 5.91 Å². The van der Waals surface area contributed by atoms with Gasteiger partial charge in [-0.15, -0.1) is 0 Å². The number of carbonyl (C=O) groups excluding carboxylic acids is 2. The number of nitrogens with one attached hydrogen (secondary N) is 2. The van der Waals surface area contributed by atoms with Crippen molar-refractivity contribution in [2.45, 2.75) is 6.04 Å². The lowest BCUT2D eigenvalue weighted by atomic mass is 10.1. The molecule has 2 N–H and O–H groups in total. The molecule has 5 nitrogen and oxygen atoms in total. The van der Waals surface area contributed by atoms with Crippen molar-refractivity contribution in [2.24, 2.45) is 0 Å². The van der Waals surface area contributed by atoms with E-state index in [0.717, 1.165) is 0 Å². The van der Waals surface area contributed by atoms with Gasteiger partial charge < -0.3 is 10.1 Å². The van der Waals surface area contributed by atoms with Gasteiger partial charge >= 0.3 is 6.03 Å². The molecule has 5 heteroatoms. The molecular weight excluding hydrogens is 196 g/mol. The molecule has 3 amide bonds. The van der Waals surface area contributed by atoms with Crippen LogP contribution in [0.2, 0.25) is 0 Å². The molecule has 1 fully saturated rings. The molecule has 2 rings (SSSR count). The highest BCUT2D eigenvalue weighted by Gasteiger charge is 2.32. The molecule has 0 aliphatic carbocycles. The summed E-state index contributed by atoms with van der Waals surface area (Å²) < 4.78 is 5.11. The van der Waals surface area contributed by atoms with Gasteiger partial charge in [-0.2, -0.15) is 0 Å². The molecule has 1 aromatic carbocycles. The second-order valence-electron chi connectivity index (χ2n) is 3.14. The van der Waals surface area contributed by atoms with Crippen LogP contribution in [0.5, 0.6) is 5.75 Å². The SMILES string of the molecule is COc1ccccc1[C@H]1NC(=O)NC1=O. The summed E-state index contributed by atoms with van der Waals surface area (Å²) in [5.41, 5.74) is 0.656. The zero-order valence-corrected chi connectivity index (χ0v) is 8.11. The number of rotatable bonds is 2. The predicted octanol–water partition coefficient (Wildman–Crippen LogP) is 0.576. The molecule has 1 saturated heterocycles. The standard InChI is InChI=1S/C10H10N2O3/c1-15-7-5-3-2-4-6(7)8-9(13)12-10(14)11-8/h2-5,8H,1H3,(H2,11,12,13,14)/t8-/m1/s1. The van der Waals surface area contributed by atoms with Crippen molar-refractivity contribution in [3.05, 3.63) is 29.8 Å². The molecule has 0 aromatic heterocycles. The van der Waals surface area contributed by atoms with Gasteiger partial charge in [0, 0.05) is 5.56 Å². The summed E-state index contributed by atoms with van der Waals surface area (Å²) in [4.78, 5) is 22.4. The number of para-hydroxylation sites is 1. The molecule has 1 aromatic rings. The van der Waals surface area contributed by atoms with Crippen LogP contribution in [0.1, 0.15) is 11.6 Å². The average molecular weight is 206 g/mol. The first-order chi connectivity index (χ1) is 7.22. The lowest BCUT2D eigenvalue weighted by Crippen LogP contribution is -2.22. The molecule has 0 spiro atoms. The topological polar surface area (TPSA) is 67.4 Å². The molecule has 1 aliphatic heterocycles. The highest BCUT2D eigenvalue weighted by molar-refractivity contribution is 6.04. The highest BCUT2D eigenvalue weighted by atomic mass is 16.5. The largest absolute Gasteiger partial charge is 0.496 e. The molecule has 15 heavy (non-hydrogen) atoms. The van der Waals surface area contributed by atoms with Crippen LogP contribution < -0.4 is 15.4 Å². The van der Waals surface area contributed by atoms with Crippen LogP contribution in [0, 0.1) is 0 Å². The zero-order valence-electron chi connectivity index (χ0n) is 8.11. The summed E-state index contributed by atoms with van der Waals surface area (Å²) in [5, 5.41) is 4.69. The second-order valence-corrected chi connectivity index (χ2v) is 3.14. The fourth-order valence-corrected chi connectivity index (χ4v) is 1.54. The third-order valence-electron chi connectivity index (χ3n) is 2.22. The van der Waals surface area contributed by atoms with Crippen LogP contribution in [0.25, 0.3) is 0 Å². The van der Waals surface area contributed by atoms with E-state index < -0.39 is 12.1 Å². The Morgan fingerprint density at radius 3 is 2.60 bits per heavy atom. The van der Waals surface area contributed by atoms with Crippen molar-refractivity contribution in [1.29, 1.82) is 0 Å². The van der Waals surface area contributed by atoms with E-state index in [9.17, 15) is 9.59 Å². The highest BCUT2D eigenvalue weighted by Crippen LogP contribution is 2.26. The Hall–Kier alpha value is -2.04. The molecule has 0 radical (unpaired) electrons. The fourth-order valence-electron chi connectivity index (χ4n) is 1.54. The summed E-state index contributed by atoms with van der Waals surface area (Å²) >= 11 is 0. The van der Waals surface area contributed by atoms with Crippen molar-refractivity contribution in [1.82, 2.24) is 10.6 Å². The fraction of sp³-hybridized carbons (Fsp3) is 0.200. The third kappa shape index (κ3) is 1.63.